The van der Waals surface area contributed by atoms with E-state index in [9.17, 15) is 0 Å². The predicted molar refractivity (Wildman–Crippen MR) is 102 cm³/mol. The third kappa shape index (κ3) is 3.44. The Labute approximate surface area is 148 Å². The molecule has 128 valence electrons. The highest BCUT2D eigenvalue weighted by Crippen LogP contribution is 2.28. The molecule has 0 radical (unpaired) electrons. The standard InChI is InChI=1S/C21H23N3O/c1-25-21-9-5-4-8-20(21)24-12-10-23(11-13-24)16-17-14-18-6-2-3-7-19(18)22-15-17/h2-9,14-15H,10-13,16H2,1H3. The number of fused-ring (bicyclic) bond motifs is 1. The summed E-state index contributed by atoms with van der Waals surface area (Å²) in [5.74, 6) is 0.953. The van der Waals surface area contributed by atoms with Crippen LogP contribution in [0.3, 0.4) is 0 Å². The number of methoxy groups -OCH3 is 1. The van der Waals surface area contributed by atoms with Crippen LogP contribution in [0.4, 0.5) is 5.69 Å². The molecule has 1 aliphatic heterocycles. The number of piperazine rings is 1. The molecule has 25 heavy (non-hydrogen) atoms. The fraction of sp³-hybridized carbons (Fsp3) is 0.286. The molecule has 0 spiro atoms. The summed E-state index contributed by atoms with van der Waals surface area (Å²) in [5, 5.41) is 1.22. The van der Waals surface area contributed by atoms with Gasteiger partial charge in [-0.3, -0.25) is 9.88 Å². The van der Waals surface area contributed by atoms with Crippen LogP contribution >= 0.6 is 0 Å². The van der Waals surface area contributed by atoms with Crippen molar-refractivity contribution < 1.29 is 4.74 Å². The molecule has 4 nitrogen and oxygen atoms in total. The van der Waals surface area contributed by atoms with Crippen molar-refractivity contribution in [2.24, 2.45) is 0 Å². The van der Waals surface area contributed by atoms with E-state index in [0.29, 0.717) is 0 Å². The molecule has 0 amide bonds. The van der Waals surface area contributed by atoms with E-state index >= 15 is 0 Å². The van der Waals surface area contributed by atoms with Crippen molar-refractivity contribution in [1.29, 1.82) is 0 Å². The van der Waals surface area contributed by atoms with Crippen LogP contribution in [0.5, 0.6) is 5.75 Å². The number of benzene rings is 2. The zero-order valence-corrected chi connectivity index (χ0v) is 14.6. The minimum absolute atomic E-state index is 0.953. The van der Waals surface area contributed by atoms with Crippen LogP contribution in [-0.2, 0) is 6.54 Å². The molecule has 0 bridgehead atoms. The number of aromatic nitrogens is 1. The van der Waals surface area contributed by atoms with Gasteiger partial charge in [0.15, 0.2) is 0 Å². The third-order valence-corrected chi connectivity index (χ3v) is 4.85. The molecular formula is C21H23N3O. The van der Waals surface area contributed by atoms with Crippen molar-refractivity contribution in [3.63, 3.8) is 0 Å². The van der Waals surface area contributed by atoms with Crippen molar-refractivity contribution in [3.05, 3.63) is 66.4 Å². The predicted octanol–water partition coefficient (Wildman–Crippen LogP) is 3.57. The summed E-state index contributed by atoms with van der Waals surface area (Å²) in [4.78, 5) is 9.49. The van der Waals surface area contributed by atoms with E-state index in [2.05, 4.69) is 51.2 Å². The second-order valence-electron chi connectivity index (χ2n) is 6.47. The smallest absolute Gasteiger partial charge is 0.142 e. The number of para-hydroxylation sites is 3. The summed E-state index contributed by atoms with van der Waals surface area (Å²) < 4.78 is 5.50. The number of pyridine rings is 1. The molecule has 4 rings (SSSR count). The normalized spacial score (nSPS) is 15.5. The van der Waals surface area contributed by atoms with Crippen LogP contribution in [-0.4, -0.2) is 43.2 Å². The Morgan fingerprint density at radius 1 is 0.960 bits per heavy atom. The maximum Gasteiger partial charge on any atom is 0.142 e. The SMILES string of the molecule is COc1ccccc1N1CCN(Cc2cnc3ccccc3c2)CC1. The van der Waals surface area contributed by atoms with Gasteiger partial charge in [-0.25, -0.2) is 0 Å². The molecule has 0 atom stereocenters. The highest BCUT2D eigenvalue weighted by molar-refractivity contribution is 5.78. The van der Waals surface area contributed by atoms with Crippen LogP contribution in [0.1, 0.15) is 5.56 Å². The molecule has 0 N–H and O–H groups in total. The van der Waals surface area contributed by atoms with Gasteiger partial charge >= 0.3 is 0 Å². The Hall–Kier alpha value is -2.59. The molecule has 3 aromatic rings. The van der Waals surface area contributed by atoms with Gasteiger partial charge in [-0.05, 0) is 29.8 Å². The van der Waals surface area contributed by atoms with Crippen LogP contribution in [0.15, 0.2) is 60.8 Å². The highest BCUT2D eigenvalue weighted by Gasteiger charge is 2.19. The first-order valence-corrected chi connectivity index (χ1v) is 8.77. The lowest BCUT2D eigenvalue weighted by atomic mass is 10.1. The summed E-state index contributed by atoms with van der Waals surface area (Å²) in [6.45, 7) is 5.08. The lowest BCUT2D eigenvalue weighted by Crippen LogP contribution is -2.46. The van der Waals surface area contributed by atoms with Crippen LogP contribution in [0.2, 0.25) is 0 Å². The average Bonchev–Trinajstić information content (AvgIpc) is 2.68. The fourth-order valence-electron chi connectivity index (χ4n) is 3.50. The van der Waals surface area contributed by atoms with Gasteiger partial charge in [0.2, 0.25) is 0 Å². The molecule has 2 heterocycles. The zero-order valence-electron chi connectivity index (χ0n) is 14.6. The molecule has 1 fully saturated rings. The van der Waals surface area contributed by atoms with Crippen LogP contribution in [0.25, 0.3) is 10.9 Å². The molecule has 0 unspecified atom stereocenters. The second-order valence-corrected chi connectivity index (χ2v) is 6.47. The Bertz CT molecular complexity index is 856. The Balaban J connectivity index is 1.41. The minimum Gasteiger partial charge on any atom is -0.495 e. The minimum atomic E-state index is 0.953. The molecule has 1 aromatic heterocycles. The number of rotatable bonds is 4. The van der Waals surface area contributed by atoms with Crippen molar-refractivity contribution >= 4 is 16.6 Å². The zero-order chi connectivity index (χ0) is 17.1. The van der Waals surface area contributed by atoms with E-state index < -0.39 is 0 Å². The van der Waals surface area contributed by atoms with Gasteiger partial charge in [-0.1, -0.05) is 30.3 Å². The van der Waals surface area contributed by atoms with E-state index in [1.165, 1.54) is 16.6 Å². The Morgan fingerprint density at radius 3 is 2.56 bits per heavy atom. The van der Waals surface area contributed by atoms with E-state index in [4.69, 9.17) is 4.74 Å². The van der Waals surface area contributed by atoms with E-state index in [-0.39, 0.29) is 0 Å². The number of anilines is 1. The van der Waals surface area contributed by atoms with Crippen molar-refractivity contribution in [2.45, 2.75) is 6.54 Å². The quantitative estimate of drug-likeness (QED) is 0.730. The van der Waals surface area contributed by atoms with Crippen LogP contribution in [0, 0.1) is 0 Å². The maximum atomic E-state index is 5.50. The van der Waals surface area contributed by atoms with Gasteiger partial charge in [-0.15, -0.1) is 0 Å². The van der Waals surface area contributed by atoms with Gasteiger partial charge in [0.05, 0.1) is 18.3 Å². The summed E-state index contributed by atoms with van der Waals surface area (Å²) >= 11 is 0. The van der Waals surface area contributed by atoms with Crippen molar-refractivity contribution in [2.75, 3.05) is 38.2 Å². The number of nitrogens with zero attached hydrogens (tertiary/aromatic N) is 3. The maximum absolute atomic E-state index is 5.50. The number of ether oxygens (including phenoxy) is 1. The number of hydrogen-bond donors (Lipinski definition) is 0. The molecule has 1 saturated heterocycles. The molecule has 4 heteroatoms. The molecule has 0 aliphatic carbocycles. The van der Waals surface area contributed by atoms with Gasteiger partial charge in [-0.2, -0.15) is 0 Å². The Kier molecular flexibility index (Phi) is 4.53. The third-order valence-electron chi connectivity index (χ3n) is 4.85. The number of hydrogen-bond acceptors (Lipinski definition) is 4. The summed E-state index contributed by atoms with van der Waals surface area (Å²) in [6.07, 6.45) is 2.01. The first-order chi connectivity index (χ1) is 12.3. The van der Waals surface area contributed by atoms with Gasteiger partial charge < -0.3 is 9.64 Å². The summed E-state index contributed by atoms with van der Waals surface area (Å²) in [5.41, 5.74) is 3.54. The van der Waals surface area contributed by atoms with Crippen molar-refractivity contribution in [1.82, 2.24) is 9.88 Å². The fourth-order valence-corrected chi connectivity index (χ4v) is 3.50. The average molecular weight is 333 g/mol. The molecule has 0 saturated carbocycles. The molecular weight excluding hydrogens is 310 g/mol. The Morgan fingerprint density at radius 2 is 1.72 bits per heavy atom. The van der Waals surface area contributed by atoms with Crippen molar-refractivity contribution in [3.8, 4) is 5.75 Å². The first-order valence-electron chi connectivity index (χ1n) is 8.77. The summed E-state index contributed by atoms with van der Waals surface area (Å²) in [7, 11) is 1.74. The first kappa shape index (κ1) is 15.9. The van der Waals surface area contributed by atoms with Gasteiger partial charge in [0.25, 0.3) is 0 Å². The topological polar surface area (TPSA) is 28.6 Å². The van der Waals surface area contributed by atoms with E-state index in [1.807, 2.05) is 24.4 Å². The molecule has 2 aromatic carbocycles. The van der Waals surface area contributed by atoms with Crippen LogP contribution < -0.4 is 9.64 Å². The van der Waals surface area contributed by atoms with Gasteiger partial charge in [0.1, 0.15) is 5.75 Å². The lowest BCUT2D eigenvalue weighted by Gasteiger charge is -2.36. The second kappa shape index (κ2) is 7.11. The monoisotopic (exact) mass is 333 g/mol. The van der Waals surface area contributed by atoms with Gasteiger partial charge in [0, 0.05) is 44.3 Å². The lowest BCUT2D eigenvalue weighted by molar-refractivity contribution is 0.249. The van der Waals surface area contributed by atoms with E-state index in [1.54, 1.807) is 7.11 Å². The highest BCUT2D eigenvalue weighted by atomic mass is 16.5. The largest absolute Gasteiger partial charge is 0.495 e. The molecule has 1 aliphatic rings. The summed E-state index contributed by atoms with van der Waals surface area (Å²) in [6, 6.07) is 18.8. The van der Waals surface area contributed by atoms with E-state index in [0.717, 1.165) is 44.0 Å².